The van der Waals surface area contributed by atoms with Crippen LogP contribution in [0.4, 0.5) is 0 Å². The van der Waals surface area contributed by atoms with Crippen molar-refractivity contribution in [2.24, 2.45) is 0 Å². The molecule has 2 rings (SSSR count). The van der Waals surface area contributed by atoms with Crippen molar-refractivity contribution in [1.29, 1.82) is 0 Å². The van der Waals surface area contributed by atoms with Crippen LogP contribution in [0.15, 0.2) is 32.0 Å². The third-order valence-corrected chi connectivity index (χ3v) is 5.90. The molecule has 0 aromatic heterocycles. The van der Waals surface area contributed by atoms with Crippen LogP contribution in [0.5, 0.6) is 0 Å². The molecule has 1 fully saturated rings. The zero-order chi connectivity index (χ0) is 13.9. The maximum absolute atomic E-state index is 12.1. The second kappa shape index (κ2) is 6.67. The minimum absolute atomic E-state index is 0.191. The maximum atomic E-state index is 12.1. The average molecular weight is 413 g/mol. The van der Waals surface area contributed by atoms with Crippen molar-refractivity contribution in [1.82, 2.24) is 4.72 Å². The predicted octanol–water partition coefficient (Wildman–Crippen LogP) is 3.06. The first-order valence-corrected chi connectivity index (χ1v) is 9.12. The summed E-state index contributed by atoms with van der Waals surface area (Å²) < 4.78 is 33.7. The van der Waals surface area contributed by atoms with Crippen molar-refractivity contribution in [3.8, 4) is 0 Å². The summed E-state index contributed by atoms with van der Waals surface area (Å²) in [6, 6.07) is 5.00. The molecule has 1 unspecified atom stereocenters. The number of ether oxygens (including phenoxy) is 1. The zero-order valence-electron chi connectivity index (χ0n) is 10.2. The third kappa shape index (κ3) is 4.26. The molecule has 1 N–H and O–H groups in total. The van der Waals surface area contributed by atoms with Crippen LogP contribution in [0.1, 0.15) is 19.3 Å². The smallest absolute Gasteiger partial charge is 0.241 e. The van der Waals surface area contributed by atoms with Crippen LogP contribution in [0.3, 0.4) is 0 Å². The summed E-state index contributed by atoms with van der Waals surface area (Å²) in [5.74, 6) is 0. The summed E-state index contributed by atoms with van der Waals surface area (Å²) in [4.78, 5) is 0.253. The topological polar surface area (TPSA) is 55.4 Å². The number of benzene rings is 1. The van der Waals surface area contributed by atoms with Gasteiger partial charge in [0.25, 0.3) is 0 Å². The summed E-state index contributed by atoms with van der Waals surface area (Å²) in [7, 11) is -3.47. The van der Waals surface area contributed by atoms with E-state index in [1.165, 1.54) is 0 Å². The highest BCUT2D eigenvalue weighted by atomic mass is 79.9. The lowest BCUT2D eigenvalue weighted by molar-refractivity contribution is 0.105. The Morgan fingerprint density at radius 1 is 1.37 bits per heavy atom. The first-order valence-electron chi connectivity index (χ1n) is 6.05. The van der Waals surface area contributed by atoms with E-state index >= 15 is 0 Å². The van der Waals surface area contributed by atoms with Gasteiger partial charge in [-0.15, -0.1) is 0 Å². The molecule has 1 aromatic rings. The molecule has 0 aliphatic carbocycles. The van der Waals surface area contributed by atoms with Gasteiger partial charge in [0.05, 0.1) is 11.0 Å². The van der Waals surface area contributed by atoms with E-state index in [0.29, 0.717) is 17.4 Å². The normalized spacial score (nSPS) is 19.8. The van der Waals surface area contributed by atoms with Crippen LogP contribution in [0.2, 0.25) is 0 Å². The molecule has 0 spiro atoms. The molecule has 1 aliphatic rings. The van der Waals surface area contributed by atoms with E-state index in [2.05, 4.69) is 36.6 Å². The number of sulfonamides is 1. The van der Waals surface area contributed by atoms with Gasteiger partial charge in [-0.2, -0.15) is 0 Å². The van der Waals surface area contributed by atoms with Gasteiger partial charge in [-0.3, -0.25) is 0 Å². The van der Waals surface area contributed by atoms with Gasteiger partial charge in [-0.1, -0.05) is 15.9 Å². The predicted molar refractivity (Wildman–Crippen MR) is 80.6 cm³/mol. The Hall–Kier alpha value is 0.0500. The molecule has 4 nitrogen and oxygen atoms in total. The first-order chi connectivity index (χ1) is 8.99. The highest BCUT2D eigenvalue weighted by Gasteiger charge is 2.19. The summed E-state index contributed by atoms with van der Waals surface area (Å²) in [5, 5.41) is 0. The lowest BCUT2D eigenvalue weighted by atomic mass is 10.2. The molecular formula is C12H15Br2NO3S. The molecule has 106 valence electrons. The van der Waals surface area contributed by atoms with Crippen LogP contribution in [0.25, 0.3) is 0 Å². The van der Waals surface area contributed by atoms with Crippen molar-refractivity contribution >= 4 is 41.9 Å². The zero-order valence-corrected chi connectivity index (χ0v) is 14.2. The van der Waals surface area contributed by atoms with E-state index in [4.69, 9.17) is 4.74 Å². The van der Waals surface area contributed by atoms with Gasteiger partial charge in [0.1, 0.15) is 0 Å². The molecule has 1 aliphatic heterocycles. The Labute approximate surface area is 130 Å². The van der Waals surface area contributed by atoms with E-state index in [9.17, 15) is 8.42 Å². The average Bonchev–Trinajstić information content (AvgIpc) is 2.81. The highest BCUT2D eigenvalue weighted by molar-refractivity contribution is 9.11. The molecule has 1 aromatic carbocycles. The Balaban J connectivity index is 1.97. The number of hydrogen-bond donors (Lipinski definition) is 1. The SMILES string of the molecule is O=S(=O)(NCCC1CCCO1)c1ccc(Br)cc1Br. The van der Waals surface area contributed by atoms with Crippen LogP contribution in [-0.2, 0) is 14.8 Å². The first kappa shape index (κ1) is 15.4. The van der Waals surface area contributed by atoms with E-state index < -0.39 is 10.0 Å². The molecule has 0 bridgehead atoms. The van der Waals surface area contributed by atoms with Crippen molar-refractivity contribution in [3.63, 3.8) is 0 Å². The summed E-state index contributed by atoms with van der Waals surface area (Å²) in [6.07, 6.45) is 2.99. The molecule has 7 heteroatoms. The Morgan fingerprint density at radius 2 is 2.16 bits per heavy atom. The van der Waals surface area contributed by atoms with Crippen molar-refractivity contribution in [2.75, 3.05) is 13.2 Å². The number of nitrogens with one attached hydrogen (secondary N) is 1. The molecule has 1 heterocycles. The van der Waals surface area contributed by atoms with Crippen LogP contribution < -0.4 is 4.72 Å². The van der Waals surface area contributed by atoms with E-state index in [1.54, 1.807) is 18.2 Å². The number of rotatable bonds is 5. The van der Waals surface area contributed by atoms with Crippen LogP contribution in [-0.4, -0.2) is 27.7 Å². The fraction of sp³-hybridized carbons (Fsp3) is 0.500. The van der Waals surface area contributed by atoms with Gasteiger partial charge >= 0.3 is 0 Å². The van der Waals surface area contributed by atoms with Gasteiger partial charge in [0, 0.05) is 22.1 Å². The van der Waals surface area contributed by atoms with Crippen molar-refractivity contribution in [3.05, 3.63) is 27.1 Å². The van der Waals surface area contributed by atoms with Gasteiger partial charge in [-0.25, -0.2) is 13.1 Å². The molecule has 1 saturated heterocycles. The third-order valence-electron chi connectivity index (χ3n) is 2.97. The van der Waals surface area contributed by atoms with Gasteiger partial charge in [0.15, 0.2) is 0 Å². The van der Waals surface area contributed by atoms with Gasteiger partial charge in [-0.05, 0) is 53.4 Å². The maximum Gasteiger partial charge on any atom is 0.241 e. The fourth-order valence-corrected chi connectivity index (χ4v) is 4.79. The van der Waals surface area contributed by atoms with E-state index in [0.717, 1.165) is 23.9 Å². The lowest BCUT2D eigenvalue weighted by Gasteiger charge is -2.11. The van der Waals surface area contributed by atoms with E-state index in [1.807, 2.05) is 0 Å². The highest BCUT2D eigenvalue weighted by Crippen LogP contribution is 2.25. The Bertz CT molecular complexity index is 542. The lowest BCUT2D eigenvalue weighted by Crippen LogP contribution is -2.27. The van der Waals surface area contributed by atoms with Crippen molar-refractivity contribution in [2.45, 2.75) is 30.3 Å². The second-order valence-corrected chi connectivity index (χ2v) is 7.90. The fourth-order valence-electron chi connectivity index (χ4n) is 2.00. The van der Waals surface area contributed by atoms with Gasteiger partial charge < -0.3 is 4.74 Å². The molecule has 0 radical (unpaired) electrons. The molecule has 0 saturated carbocycles. The molecule has 19 heavy (non-hydrogen) atoms. The van der Waals surface area contributed by atoms with Crippen LogP contribution >= 0.6 is 31.9 Å². The quantitative estimate of drug-likeness (QED) is 0.808. The molecular weight excluding hydrogens is 398 g/mol. The standard InChI is InChI=1S/C12H15Br2NO3S/c13-9-3-4-12(11(14)8-9)19(16,17)15-6-5-10-2-1-7-18-10/h3-4,8,10,15H,1-2,5-7H2. The molecule has 0 amide bonds. The monoisotopic (exact) mass is 411 g/mol. The van der Waals surface area contributed by atoms with Crippen LogP contribution in [0, 0.1) is 0 Å². The summed E-state index contributed by atoms with van der Waals surface area (Å²) >= 11 is 6.57. The Morgan fingerprint density at radius 3 is 2.79 bits per heavy atom. The van der Waals surface area contributed by atoms with E-state index in [-0.39, 0.29) is 11.0 Å². The largest absolute Gasteiger partial charge is 0.378 e. The Kier molecular flexibility index (Phi) is 5.42. The minimum Gasteiger partial charge on any atom is -0.378 e. The van der Waals surface area contributed by atoms with Crippen molar-refractivity contribution < 1.29 is 13.2 Å². The second-order valence-electron chi connectivity index (χ2n) is 4.40. The minimum atomic E-state index is -3.47. The van der Waals surface area contributed by atoms with Gasteiger partial charge in [0.2, 0.25) is 10.0 Å². The number of hydrogen-bond acceptors (Lipinski definition) is 3. The summed E-state index contributed by atoms with van der Waals surface area (Å²) in [5.41, 5.74) is 0. The summed E-state index contributed by atoms with van der Waals surface area (Å²) in [6.45, 7) is 1.19. The molecule has 1 atom stereocenters. The number of halogens is 2.